The summed E-state index contributed by atoms with van der Waals surface area (Å²) in [4.78, 5) is 21.9. The number of benzene rings is 1. The maximum absolute atomic E-state index is 13.6. The van der Waals surface area contributed by atoms with Crippen LogP contribution in [0.25, 0.3) is 0 Å². The first kappa shape index (κ1) is 10.8. The third kappa shape index (κ3) is 2.10. The third-order valence-corrected chi connectivity index (χ3v) is 2.57. The van der Waals surface area contributed by atoms with Crippen LogP contribution in [0.1, 0.15) is 24.5 Å². The molecule has 0 aromatic heterocycles. The Morgan fingerprint density at radius 3 is 2.81 bits per heavy atom. The van der Waals surface area contributed by atoms with Crippen LogP contribution in [0, 0.1) is 5.82 Å². The number of halogens is 1. The van der Waals surface area contributed by atoms with Crippen LogP contribution in [0.5, 0.6) is 5.75 Å². The van der Waals surface area contributed by atoms with E-state index >= 15 is 0 Å². The summed E-state index contributed by atoms with van der Waals surface area (Å²) in [5.74, 6) is -0.697. The first-order chi connectivity index (χ1) is 7.56. The van der Waals surface area contributed by atoms with Crippen molar-refractivity contribution in [3.63, 3.8) is 0 Å². The van der Waals surface area contributed by atoms with Crippen LogP contribution in [0.4, 0.5) is 4.39 Å². The summed E-state index contributed by atoms with van der Waals surface area (Å²) in [6.07, 6.45) is 1.08. The molecule has 0 aliphatic heterocycles. The number of aryl methyl sites for hydroxylation is 1. The summed E-state index contributed by atoms with van der Waals surface area (Å²) in [6, 6.07) is 2.78. The Bertz CT molecular complexity index is 466. The van der Waals surface area contributed by atoms with Crippen molar-refractivity contribution in [3.05, 3.63) is 29.1 Å². The molecule has 0 atom stereocenters. The number of Topliss-reactive ketones (excluding diaryl/α,β-unsaturated/α-hetero) is 1. The van der Waals surface area contributed by atoms with E-state index in [1.807, 2.05) is 0 Å². The molecule has 0 spiro atoms. The van der Waals surface area contributed by atoms with Crippen molar-refractivity contribution < 1.29 is 18.7 Å². The van der Waals surface area contributed by atoms with E-state index in [0.717, 1.165) is 11.6 Å². The first-order valence-electron chi connectivity index (χ1n) is 5.07. The molecule has 16 heavy (non-hydrogen) atoms. The van der Waals surface area contributed by atoms with Crippen LogP contribution in [0.15, 0.2) is 12.1 Å². The van der Waals surface area contributed by atoms with Gasteiger partial charge in [0.2, 0.25) is 0 Å². The van der Waals surface area contributed by atoms with Gasteiger partial charge in [-0.05, 0) is 23.6 Å². The maximum atomic E-state index is 13.6. The number of carbonyl (C=O) groups excluding carboxylic acids is 2. The van der Waals surface area contributed by atoms with E-state index in [2.05, 4.69) is 0 Å². The van der Waals surface area contributed by atoms with Crippen LogP contribution in [0.2, 0.25) is 0 Å². The lowest BCUT2D eigenvalue weighted by Gasteiger charge is -2.16. The van der Waals surface area contributed by atoms with Crippen LogP contribution in [0.3, 0.4) is 0 Å². The molecule has 0 fully saturated rings. The standard InChI is InChI=1S/C12H11FO3/c1-7(14)16-10-4-8-2-3-9(15)5-11(8)12(13)6-10/h4,6H,2-3,5H2,1H3. The van der Waals surface area contributed by atoms with E-state index in [1.54, 1.807) is 6.07 Å². The number of hydrogen-bond donors (Lipinski definition) is 0. The monoisotopic (exact) mass is 222 g/mol. The van der Waals surface area contributed by atoms with Gasteiger partial charge < -0.3 is 4.74 Å². The number of carbonyl (C=O) groups is 2. The number of ether oxygens (including phenoxy) is 1. The van der Waals surface area contributed by atoms with Crippen molar-refractivity contribution in [2.75, 3.05) is 0 Å². The number of rotatable bonds is 1. The molecule has 1 aliphatic carbocycles. The zero-order valence-electron chi connectivity index (χ0n) is 8.88. The lowest BCUT2D eigenvalue weighted by molar-refractivity contribution is -0.132. The van der Waals surface area contributed by atoms with E-state index in [1.165, 1.54) is 6.92 Å². The molecule has 0 bridgehead atoms. The molecule has 3 nitrogen and oxygen atoms in total. The van der Waals surface area contributed by atoms with E-state index in [-0.39, 0.29) is 18.0 Å². The third-order valence-electron chi connectivity index (χ3n) is 2.57. The molecule has 0 amide bonds. The highest BCUT2D eigenvalue weighted by atomic mass is 19.1. The highest BCUT2D eigenvalue weighted by Gasteiger charge is 2.20. The number of esters is 1. The van der Waals surface area contributed by atoms with Gasteiger partial charge in [0.15, 0.2) is 0 Å². The lowest BCUT2D eigenvalue weighted by atomic mass is 9.90. The van der Waals surface area contributed by atoms with Gasteiger partial charge in [0.1, 0.15) is 17.3 Å². The number of ketones is 1. The molecule has 84 valence electrons. The molecular weight excluding hydrogens is 211 g/mol. The topological polar surface area (TPSA) is 43.4 Å². The quantitative estimate of drug-likeness (QED) is 0.537. The van der Waals surface area contributed by atoms with Gasteiger partial charge in [-0.25, -0.2) is 4.39 Å². The Labute approximate surface area is 92.2 Å². The predicted octanol–water partition coefficient (Wildman–Crippen LogP) is 1.81. The molecule has 1 aliphatic rings. The van der Waals surface area contributed by atoms with Gasteiger partial charge in [-0.3, -0.25) is 9.59 Å². The van der Waals surface area contributed by atoms with Gasteiger partial charge in [-0.15, -0.1) is 0 Å². The van der Waals surface area contributed by atoms with Crippen molar-refractivity contribution in [2.24, 2.45) is 0 Å². The zero-order valence-corrected chi connectivity index (χ0v) is 8.88. The molecule has 0 heterocycles. The summed E-state index contributed by atoms with van der Waals surface area (Å²) in [7, 11) is 0. The van der Waals surface area contributed by atoms with Crippen molar-refractivity contribution in [3.8, 4) is 5.75 Å². The van der Waals surface area contributed by atoms with Gasteiger partial charge >= 0.3 is 5.97 Å². The van der Waals surface area contributed by atoms with Crippen LogP contribution in [-0.4, -0.2) is 11.8 Å². The Balaban J connectivity index is 2.38. The molecule has 0 saturated heterocycles. The summed E-state index contributed by atoms with van der Waals surface area (Å²) in [6.45, 7) is 1.26. The van der Waals surface area contributed by atoms with Crippen LogP contribution < -0.4 is 4.74 Å². The number of fused-ring (bicyclic) bond motifs is 1. The summed E-state index contributed by atoms with van der Waals surface area (Å²) >= 11 is 0. The Morgan fingerprint density at radius 1 is 1.38 bits per heavy atom. The lowest BCUT2D eigenvalue weighted by Crippen LogP contribution is -2.15. The van der Waals surface area contributed by atoms with Gasteiger partial charge in [-0.2, -0.15) is 0 Å². The smallest absolute Gasteiger partial charge is 0.308 e. The van der Waals surface area contributed by atoms with Crippen molar-refractivity contribution in [2.45, 2.75) is 26.2 Å². The average molecular weight is 222 g/mol. The fraction of sp³-hybridized carbons (Fsp3) is 0.333. The van der Waals surface area contributed by atoms with Crippen molar-refractivity contribution >= 4 is 11.8 Å². The highest BCUT2D eigenvalue weighted by molar-refractivity contribution is 5.83. The maximum Gasteiger partial charge on any atom is 0.308 e. The van der Waals surface area contributed by atoms with Gasteiger partial charge in [0.25, 0.3) is 0 Å². The van der Waals surface area contributed by atoms with Crippen molar-refractivity contribution in [1.82, 2.24) is 0 Å². The van der Waals surface area contributed by atoms with Crippen LogP contribution >= 0.6 is 0 Å². The van der Waals surface area contributed by atoms with E-state index < -0.39 is 11.8 Å². The first-order valence-corrected chi connectivity index (χ1v) is 5.07. The van der Waals surface area contributed by atoms with Crippen LogP contribution in [-0.2, 0) is 22.4 Å². The Hall–Kier alpha value is -1.71. The molecule has 4 heteroatoms. The predicted molar refractivity (Wildman–Crippen MR) is 54.7 cm³/mol. The second-order valence-corrected chi connectivity index (χ2v) is 3.85. The molecule has 0 unspecified atom stereocenters. The number of hydrogen-bond acceptors (Lipinski definition) is 3. The second kappa shape index (κ2) is 4.04. The minimum Gasteiger partial charge on any atom is -0.427 e. The largest absolute Gasteiger partial charge is 0.427 e. The Morgan fingerprint density at radius 2 is 2.12 bits per heavy atom. The average Bonchev–Trinajstić information content (AvgIpc) is 2.18. The van der Waals surface area contributed by atoms with E-state index in [4.69, 9.17) is 4.74 Å². The summed E-state index contributed by atoms with van der Waals surface area (Å²) in [5, 5.41) is 0. The summed E-state index contributed by atoms with van der Waals surface area (Å²) < 4.78 is 18.4. The second-order valence-electron chi connectivity index (χ2n) is 3.85. The van der Waals surface area contributed by atoms with Gasteiger partial charge in [-0.1, -0.05) is 0 Å². The molecular formula is C12H11FO3. The molecule has 2 rings (SSSR count). The minimum absolute atomic E-state index is 0.0478. The molecule has 1 aromatic carbocycles. The fourth-order valence-corrected chi connectivity index (χ4v) is 1.87. The van der Waals surface area contributed by atoms with E-state index in [0.29, 0.717) is 18.4 Å². The molecule has 0 saturated carbocycles. The van der Waals surface area contributed by atoms with Gasteiger partial charge in [0.05, 0.1) is 0 Å². The molecule has 0 radical (unpaired) electrons. The molecule has 1 aromatic rings. The summed E-state index contributed by atoms with van der Waals surface area (Å²) in [5.41, 5.74) is 1.20. The minimum atomic E-state index is -0.480. The Kier molecular flexibility index (Phi) is 2.73. The van der Waals surface area contributed by atoms with Crippen molar-refractivity contribution in [1.29, 1.82) is 0 Å². The highest BCUT2D eigenvalue weighted by Crippen LogP contribution is 2.27. The van der Waals surface area contributed by atoms with E-state index in [9.17, 15) is 14.0 Å². The normalized spacial score (nSPS) is 14.5. The zero-order chi connectivity index (χ0) is 11.7. The SMILES string of the molecule is CC(=O)Oc1cc(F)c2c(c1)CCC(=O)C2. The van der Waals surface area contributed by atoms with Gasteiger partial charge in [0, 0.05) is 25.8 Å². The fourth-order valence-electron chi connectivity index (χ4n) is 1.87. The molecule has 0 N–H and O–H groups in total.